The lowest BCUT2D eigenvalue weighted by atomic mass is 9.99. The predicted octanol–water partition coefficient (Wildman–Crippen LogP) is 2.50. The van der Waals surface area contributed by atoms with Crippen molar-refractivity contribution in [2.45, 2.75) is 25.8 Å². The van der Waals surface area contributed by atoms with Crippen LogP contribution in [0.3, 0.4) is 0 Å². The van der Waals surface area contributed by atoms with Crippen LogP contribution in [0.1, 0.15) is 25.3 Å². The lowest BCUT2D eigenvalue weighted by Gasteiger charge is -2.12. The molecule has 1 aliphatic heterocycles. The Morgan fingerprint density at radius 2 is 1.74 bits per heavy atom. The molecule has 3 rings (SSSR count). The fraction of sp³-hybridized carbons (Fsp3) is 0.286. The lowest BCUT2D eigenvalue weighted by molar-refractivity contribution is -0.126. The molecule has 1 heterocycles. The van der Waals surface area contributed by atoms with Crippen molar-refractivity contribution < 1.29 is 14.3 Å². The zero-order chi connectivity index (χ0) is 19.4. The molecule has 6 heteroatoms. The summed E-state index contributed by atoms with van der Waals surface area (Å²) < 4.78 is 5.79. The maximum absolute atomic E-state index is 11.9. The molecule has 1 saturated heterocycles. The standard InChI is InChI=1S/C21H23N3O3/c1-13(25)10-17-11-18(24-21(17)26)12-27-19-8-6-15(7-9-19)14-2-4-16(5-3-14)20(22)23/h2-9,17-18H,10-12H2,1H3,(H3,22,23)(H,24,26)/t17-,18+/m0/s1. The van der Waals surface area contributed by atoms with Gasteiger partial charge in [-0.2, -0.15) is 0 Å². The number of carbonyl (C=O) groups excluding carboxylic acids is 2. The molecule has 2 aromatic carbocycles. The first-order valence-corrected chi connectivity index (χ1v) is 8.90. The van der Waals surface area contributed by atoms with E-state index in [-0.39, 0.29) is 29.5 Å². The first-order valence-electron chi connectivity index (χ1n) is 8.90. The van der Waals surface area contributed by atoms with Crippen LogP contribution in [0.4, 0.5) is 0 Å². The van der Waals surface area contributed by atoms with Crippen molar-refractivity contribution in [1.29, 1.82) is 5.41 Å². The maximum atomic E-state index is 11.9. The number of carbonyl (C=O) groups is 2. The second-order valence-electron chi connectivity index (χ2n) is 6.87. The molecule has 1 amide bonds. The van der Waals surface area contributed by atoms with Gasteiger partial charge in [-0.1, -0.05) is 36.4 Å². The summed E-state index contributed by atoms with van der Waals surface area (Å²) in [6, 6.07) is 15.1. The Kier molecular flexibility index (Phi) is 5.54. The van der Waals surface area contributed by atoms with Gasteiger partial charge in [-0.25, -0.2) is 0 Å². The smallest absolute Gasteiger partial charge is 0.223 e. The minimum Gasteiger partial charge on any atom is -0.491 e. The molecule has 0 bridgehead atoms. The van der Waals surface area contributed by atoms with Crippen LogP contribution < -0.4 is 15.8 Å². The third-order valence-corrected chi connectivity index (χ3v) is 4.65. The Labute approximate surface area is 158 Å². The van der Waals surface area contributed by atoms with Gasteiger partial charge in [0.05, 0.1) is 6.04 Å². The minimum atomic E-state index is -0.239. The summed E-state index contributed by atoms with van der Waals surface area (Å²) >= 11 is 0. The number of nitrogens with one attached hydrogen (secondary N) is 2. The molecule has 0 radical (unpaired) electrons. The molecule has 1 aliphatic rings. The molecular weight excluding hydrogens is 342 g/mol. The van der Waals surface area contributed by atoms with Crippen molar-refractivity contribution in [3.8, 4) is 16.9 Å². The van der Waals surface area contributed by atoms with Crippen LogP contribution in [0.2, 0.25) is 0 Å². The summed E-state index contributed by atoms with van der Waals surface area (Å²) in [4.78, 5) is 23.1. The van der Waals surface area contributed by atoms with E-state index in [0.717, 1.165) is 16.9 Å². The molecule has 0 aliphatic carbocycles. The summed E-state index contributed by atoms with van der Waals surface area (Å²) in [7, 11) is 0. The van der Waals surface area contributed by atoms with Gasteiger partial charge in [0.2, 0.25) is 5.91 Å². The number of hydrogen-bond acceptors (Lipinski definition) is 4. The Hall–Kier alpha value is -3.15. The third-order valence-electron chi connectivity index (χ3n) is 4.65. The van der Waals surface area contributed by atoms with Crippen LogP contribution in [-0.2, 0) is 9.59 Å². The second-order valence-corrected chi connectivity index (χ2v) is 6.87. The first-order chi connectivity index (χ1) is 12.9. The monoisotopic (exact) mass is 365 g/mol. The highest BCUT2D eigenvalue weighted by molar-refractivity contribution is 5.95. The topological polar surface area (TPSA) is 105 Å². The van der Waals surface area contributed by atoms with E-state index in [4.69, 9.17) is 15.9 Å². The molecule has 27 heavy (non-hydrogen) atoms. The Morgan fingerprint density at radius 1 is 1.15 bits per heavy atom. The van der Waals surface area contributed by atoms with E-state index in [9.17, 15) is 9.59 Å². The van der Waals surface area contributed by atoms with Gasteiger partial charge < -0.3 is 20.6 Å². The summed E-state index contributed by atoms with van der Waals surface area (Å²) in [5.74, 6) is 0.501. The Balaban J connectivity index is 1.56. The zero-order valence-corrected chi connectivity index (χ0v) is 15.2. The molecular formula is C21H23N3O3. The number of Topliss-reactive ketones (excluding diaryl/α,β-unsaturated/α-hetero) is 1. The van der Waals surface area contributed by atoms with Crippen molar-refractivity contribution in [3.63, 3.8) is 0 Å². The number of ketones is 1. The normalized spacial score (nSPS) is 18.8. The SMILES string of the molecule is CC(=O)C[C@H]1C[C@H](COc2ccc(-c3ccc(C(=N)N)cc3)cc2)NC1=O. The number of nitrogens with two attached hydrogens (primary N) is 1. The van der Waals surface area contributed by atoms with Gasteiger partial charge in [0.15, 0.2) is 0 Å². The van der Waals surface area contributed by atoms with E-state index in [2.05, 4.69) is 5.32 Å². The van der Waals surface area contributed by atoms with Crippen molar-refractivity contribution in [2.24, 2.45) is 11.7 Å². The number of rotatable bonds is 7. The summed E-state index contributed by atoms with van der Waals surface area (Å²) in [6.07, 6.45) is 0.915. The van der Waals surface area contributed by atoms with E-state index in [0.29, 0.717) is 25.0 Å². The summed E-state index contributed by atoms with van der Waals surface area (Å²) in [5.41, 5.74) is 8.23. The molecule has 0 aromatic heterocycles. The third kappa shape index (κ3) is 4.73. The molecule has 2 aromatic rings. The van der Waals surface area contributed by atoms with Crippen LogP contribution >= 0.6 is 0 Å². The maximum Gasteiger partial charge on any atom is 0.223 e. The molecule has 2 atom stereocenters. The van der Waals surface area contributed by atoms with Gasteiger partial charge in [0.25, 0.3) is 0 Å². The Morgan fingerprint density at radius 3 is 2.30 bits per heavy atom. The van der Waals surface area contributed by atoms with Crippen molar-refractivity contribution in [1.82, 2.24) is 5.32 Å². The number of benzene rings is 2. The summed E-state index contributed by atoms with van der Waals surface area (Å²) in [5, 5.41) is 10.3. The fourth-order valence-electron chi connectivity index (χ4n) is 3.24. The summed E-state index contributed by atoms with van der Waals surface area (Å²) in [6.45, 7) is 1.89. The van der Waals surface area contributed by atoms with Crippen molar-refractivity contribution in [2.75, 3.05) is 6.61 Å². The molecule has 4 N–H and O–H groups in total. The second kappa shape index (κ2) is 8.03. The number of hydrogen-bond donors (Lipinski definition) is 3. The average molecular weight is 365 g/mol. The number of nitrogen functional groups attached to an aromatic ring is 1. The van der Waals surface area contributed by atoms with E-state index in [1.807, 2.05) is 48.5 Å². The van der Waals surface area contributed by atoms with Crippen LogP contribution in [-0.4, -0.2) is 30.2 Å². The number of ether oxygens (including phenoxy) is 1. The van der Waals surface area contributed by atoms with E-state index in [1.54, 1.807) is 0 Å². The van der Waals surface area contributed by atoms with Crippen LogP contribution in [0.5, 0.6) is 5.75 Å². The quantitative estimate of drug-likeness (QED) is 0.518. The average Bonchev–Trinajstić information content (AvgIpc) is 2.99. The van der Waals surface area contributed by atoms with E-state index >= 15 is 0 Å². The van der Waals surface area contributed by atoms with E-state index in [1.165, 1.54) is 6.92 Å². The number of amidine groups is 1. The Bertz CT molecular complexity index is 844. The van der Waals surface area contributed by atoms with Crippen LogP contribution in [0, 0.1) is 11.3 Å². The highest BCUT2D eigenvalue weighted by Gasteiger charge is 2.32. The number of amides is 1. The van der Waals surface area contributed by atoms with Gasteiger partial charge in [-0.15, -0.1) is 0 Å². The minimum absolute atomic E-state index is 0.0312. The highest BCUT2D eigenvalue weighted by atomic mass is 16.5. The first kappa shape index (κ1) is 18.6. The molecule has 1 fully saturated rings. The van der Waals surface area contributed by atoms with Crippen molar-refractivity contribution >= 4 is 17.5 Å². The largest absolute Gasteiger partial charge is 0.491 e. The van der Waals surface area contributed by atoms with E-state index < -0.39 is 0 Å². The van der Waals surface area contributed by atoms with Gasteiger partial charge in [-0.3, -0.25) is 10.2 Å². The fourth-order valence-corrected chi connectivity index (χ4v) is 3.24. The highest BCUT2D eigenvalue weighted by Crippen LogP contribution is 2.24. The molecule has 140 valence electrons. The van der Waals surface area contributed by atoms with Crippen molar-refractivity contribution in [3.05, 3.63) is 54.1 Å². The van der Waals surface area contributed by atoms with Crippen LogP contribution in [0.25, 0.3) is 11.1 Å². The van der Waals surface area contributed by atoms with Gasteiger partial charge >= 0.3 is 0 Å². The molecule has 6 nitrogen and oxygen atoms in total. The van der Waals surface area contributed by atoms with Gasteiger partial charge in [0, 0.05) is 17.9 Å². The van der Waals surface area contributed by atoms with Gasteiger partial charge in [-0.05, 0) is 36.6 Å². The van der Waals surface area contributed by atoms with Gasteiger partial charge in [0.1, 0.15) is 24.0 Å². The zero-order valence-electron chi connectivity index (χ0n) is 15.2. The molecule has 0 unspecified atom stereocenters. The predicted molar refractivity (Wildman–Crippen MR) is 104 cm³/mol. The lowest BCUT2D eigenvalue weighted by Crippen LogP contribution is -2.31. The molecule has 0 saturated carbocycles. The van der Waals surface area contributed by atoms with Crippen LogP contribution in [0.15, 0.2) is 48.5 Å². The molecule has 0 spiro atoms.